The number of carboxylic acids is 1. The molecule has 2 bridgehead atoms. The first kappa shape index (κ1) is 30.0. The van der Waals surface area contributed by atoms with E-state index in [1.165, 1.54) is 19.2 Å². The van der Waals surface area contributed by atoms with Gasteiger partial charge in [0.25, 0.3) is 0 Å². The lowest BCUT2D eigenvalue weighted by molar-refractivity contribution is -0.178. The van der Waals surface area contributed by atoms with Gasteiger partial charge in [-0.1, -0.05) is 31.5 Å². The zero-order chi connectivity index (χ0) is 30.5. The van der Waals surface area contributed by atoms with Gasteiger partial charge < -0.3 is 19.9 Å². The molecule has 1 aromatic carbocycles. The molecule has 1 aromatic heterocycles. The number of carbonyl (C=O) groups is 3. The summed E-state index contributed by atoms with van der Waals surface area (Å²) in [6.45, 7) is 6.97. The minimum absolute atomic E-state index is 0.0250. The monoisotopic (exact) mass is 593 g/mol. The molecule has 5 rings (SSSR count). The molecule has 3 aliphatic rings. The van der Waals surface area contributed by atoms with Gasteiger partial charge >= 0.3 is 17.9 Å². The second-order valence-corrected chi connectivity index (χ2v) is 11.1. The highest BCUT2D eigenvalue weighted by atomic mass is 35.5. The Hall–Kier alpha value is -3.93. The number of aliphatic imine (C=N–C) groups is 1. The topological polar surface area (TPSA) is 127 Å². The molecule has 9 nitrogen and oxygen atoms in total. The molecule has 1 aliphatic carbocycles. The van der Waals surface area contributed by atoms with Crippen molar-refractivity contribution in [1.82, 2.24) is 10.3 Å². The van der Waals surface area contributed by atoms with E-state index in [4.69, 9.17) is 21.1 Å². The number of rotatable bonds is 4. The summed E-state index contributed by atoms with van der Waals surface area (Å²) in [5.41, 5.74) is -2.02. The lowest BCUT2D eigenvalue weighted by atomic mass is 9.66. The standard InChI is InChI=1S/C18H13ClF3N3O2.C10H14O4/c1-8-14(18(26)27-2)15(11-4-3-9(20)5-12(11)19)25-17(24-8)16-13(22)6-10(21)7-23-16;1-8(2)9(3)4-5-10(8,6(11)12)14-7(9)13/h3-7,15H,1-2H3,(H,24,25);4-5H2,1-3H3,(H,11,12)/t15-;9?,10-/m10/s1. The average molecular weight is 594 g/mol. The maximum atomic E-state index is 14.1. The van der Waals surface area contributed by atoms with Crippen molar-refractivity contribution in [3.05, 3.63) is 75.5 Å². The Bertz CT molecular complexity index is 1530. The Balaban J connectivity index is 0.000000231. The van der Waals surface area contributed by atoms with Gasteiger partial charge in [0.15, 0.2) is 11.7 Å². The zero-order valence-electron chi connectivity index (χ0n) is 22.8. The van der Waals surface area contributed by atoms with Gasteiger partial charge in [-0.25, -0.2) is 27.7 Å². The third kappa shape index (κ3) is 4.73. The summed E-state index contributed by atoms with van der Waals surface area (Å²) >= 11 is 6.13. The summed E-state index contributed by atoms with van der Waals surface area (Å²) in [7, 11) is 1.20. The van der Waals surface area contributed by atoms with E-state index in [9.17, 15) is 32.7 Å². The molecular formula is C28H27ClF3N3O6. The first-order valence-corrected chi connectivity index (χ1v) is 12.8. The third-order valence-electron chi connectivity index (χ3n) is 8.37. The van der Waals surface area contributed by atoms with Crippen LogP contribution in [0.15, 0.2) is 46.7 Å². The molecule has 3 atom stereocenters. The van der Waals surface area contributed by atoms with E-state index in [0.717, 1.165) is 12.3 Å². The summed E-state index contributed by atoms with van der Waals surface area (Å²) in [4.78, 5) is 43.1. The number of halogens is 4. The minimum Gasteiger partial charge on any atom is -0.478 e. The minimum atomic E-state index is -1.29. The van der Waals surface area contributed by atoms with Crippen molar-refractivity contribution in [3.8, 4) is 0 Å². The Morgan fingerprint density at radius 1 is 1.15 bits per heavy atom. The number of ether oxygens (including phenoxy) is 2. The molecule has 0 spiro atoms. The number of hydrogen-bond acceptors (Lipinski definition) is 8. The number of hydrogen-bond donors (Lipinski definition) is 2. The SMILES string of the molecule is CC12CC[C@@](C(=O)O)(OC1=O)C2(C)C.COC(=O)C1=C(C)NC(c2ncc(F)cc2F)=N[C@@H]1c1ccc(F)cc1Cl. The molecule has 3 heterocycles. The number of pyridine rings is 1. The fourth-order valence-electron chi connectivity index (χ4n) is 5.43. The van der Waals surface area contributed by atoms with E-state index in [1.54, 1.807) is 27.7 Å². The molecular weight excluding hydrogens is 567 g/mol. The number of fused-ring (bicyclic) bond motifs is 2. The third-order valence-corrected chi connectivity index (χ3v) is 8.69. The van der Waals surface area contributed by atoms with Crippen LogP contribution in [0.25, 0.3) is 0 Å². The molecule has 2 aromatic rings. The molecule has 1 saturated carbocycles. The van der Waals surface area contributed by atoms with Crippen molar-refractivity contribution in [1.29, 1.82) is 0 Å². The van der Waals surface area contributed by atoms with Gasteiger partial charge in [0, 0.05) is 27.8 Å². The Kier molecular flexibility index (Phi) is 7.68. The molecule has 2 fully saturated rings. The average Bonchev–Trinajstić information content (AvgIpc) is 3.19. The number of aromatic nitrogens is 1. The molecule has 2 aliphatic heterocycles. The van der Waals surface area contributed by atoms with Crippen molar-refractivity contribution >= 4 is 35.3 Å². The molecule has 0 radical (unpaired) electrons. The lowest BCUT2D eigenvalue weighted by Crippen LogP contribution is -2.47. The van der Waals surface area contributed by atoms with Crippen LogP contribution >= 0.6 is 11.6 Å². The fraction of sp³-hybridized carbons (Fsp3) is 0.393. The second-order valence-electron chi connectivity index (χ2n) is 10.7. The maximum absolute atomic E-state index is 14.1. The van der Waals surface area contributed by atoms with Crippen molar-refractivity contribution in [2.24, 2.45) is 15.8 Å². The predicted molar refractivity (Wildman–Crippen MR) is 140 cm³/mol. The number of amidine groups is 1. The number of nitrogens with one attached hydrogen (secondary N) is 1. The van der Waals surface area contributed by atoms with Crippen LogP contribution in [0.3, 0.4) is 0 Å². The van der Waals surface area contributed by atoms with E-state index in [-0.39, 0.29) is 28.1 Å². The number of benzene rings is 1. The van der Waals surface area contributed by atoms with Crippen LogP contribution in [0, 0.1) is 28.3 Å². The summed E-state index contributed by atoms with van der Waals surface area (Å²) in [6, 6.07) is 3.29. The zero-order valence-corrected chi connectivity index (χ0v) is 23.5. The number of methoxy groups -OCH3 is 1. The highest BCUT2D eigenvalue weighted by Gasteiger charge is 2.76. The number of nitrogens with zero attached hydrogens (tertiary/aromatic N) is 2. The molecule has 2 N–H and O–H groups in total. The van der Waals surface area contributed by atoms with Crippen LogP contribution in [0.5, 0.6) is 0 Å². The fourth-order valence-corrected chi connectivity index (χ4v) is 5.70. The van der Waals surface area contributed by atoms with E-state index in [0.29, 0.717) is 30.2 Å². The molecule has 0 amide bonds. The summed E-state index contributed by atoms with van der Waals surface area (Å²) in [6.07, 6.45) is 1.88. The summed E-state index contributed by atoms with van der Waals surface area (Å²) in [5.74, 6) is -4.42. The van der Waals surface area contributed by atoms with Gasteiger partial charge in [-0.3, -0.25) is 9.79 Å². The quantitative estimate of drug-likeness (QED) is 0.480. The Morgan fingerprint density at radius 2 is 1.83 bits per heavy atom. The highest BCUT2D eigenvalue weighted by molar-refractivity contribution is 6.31. The van der Waals surface area contributed by atoms with E-state index in [1.807, 2.05) is 0 Å². The van der Waals surface area contributed by atoms with Crippen LogP contribution in [-0.2, 0) is 23.9 Å². The predicted octanol–water partition coefficient (Wildman–Crippen LogP) is 4.88. The second kappa shape index (κ2) is 10.5. The Morgan fingerprint density at radius 3 is 2.32 bits per heavy atom. The van der Waals surface area contributed by atoms with Crippen LogP contribution in [-0.4, -0.2) is 46.5 Å². The number of allylic oxidation sites excluding steroid dienone is 1. The lowest BCUT2D eigenvalue weighted by Gasteiger charge is -2.32. The molecule has 1 saturated heterocycles. The summed E-state index contributed by atoms with van der Waals surface area (Å²) < 4.78 is 50.6. The maximum Gasteiger partial charge on any atom is 0.348 e. The molecule has 41 heavy (non-hydrogen) atoms. The largest absolute Gasteiger partial charge is 0.478 e. The van der Waals surface area contributed by atoms with E-state index >= 15 is 0 Å². The van der Waals surface area contributed by atoms with Crippen LogP contribution in [0.1, 0.15) is 57.8 Å². The highest BCUT2D eigenvalue weighted by Crippen LogP contribution is 2.65. The summed E-state index contributed by atoms with van der Waals surface area (Å²) in [5, 5.41) is 12.0. The van der Waals surface area contributed by atoms with Gasteiger partial charge in [-0.05, 0) is 38.8 Å². The van der Waals surface area contributed by atoms with Crippen molar-refractivity contribution in [2.75, 3.05) is 7.11 Å². The van der Waals surface area contributed by atoms with Gasteiger partial charge in [-0.2, -0.15) is 0 Å². The van der Waals surface area contributed by atoms with Crippen molar-refractivity contribution in [2.45, 2.75) is 52.2 Å². The number of carboxylic acid groups (broad SMARTS) is 1. The van der Waals surface area contributed by atoms with Gasteiger partial charge in [-0.15, -0.1) is 0 Å². The normalized spacial score (nSPS) is 25.9. The van der Waals surface area contributed by atoms with Gasteiger partial charge in [0.05, 0.1) is 24.3 Å². The van der Waals surface area contributed by atoms with E-state index < -0.39 is 51.9 Å². The van der Waals surface area contributed by atoms with Crippen LogP contribution < -0.4 is 5.32 Å². The van der Waals surface area contributed by atoms with Crippen molar-refractivity contribution < 1.29 is 42.1 Å². The first-order chi connectivity index (χ1) is 19.1. The number of esters is 2. The molecule has 218 valence electrons. The van der Waals surface area contributed by atoms with Gasteiger partial charge in [0.2, 0.25) is 5.60 Å². The first-order valence-electron chi connectivity index (χ1n) is 12.5. The van der Waals surface area contributed by atoms with Crippen LogP contribution in [0.4, 0.5) is 13.2 Å². The number of aliphatic carboxylic acids is 1. The number of carbonyl (C=O) groups excluding carboxylic acids is 2. The van der Waals surface area contributed by atoms with E-state index in [2.05, 4.69) is 15.3 Å². The van der Waals surface area contributed by atoms with Crippen molar-refractivity contribution in [3.63, 3.8) is 0 Å². The van der Waals surface area contributed by atoms with Gasteiger partial charge in [0.1, 0.15) is 23.4 Å². The van der Waals surface area contributed by atoms with Crippen LogP contribution in [0.2, 0.25) is 5.02 Å². The molecule has 13 heteroatoms. The Labute approximate surface area is 238 Å². The smallest absolute Gasteiger partial charge is 0.348 e. The molecule has 1 unspecified atom stereocenters.